The van der Waals surface area contributed by atoms with Crippen molar-refractivity contribution in [2.75, 3.05) is 19.7 Å². The van der Waals surface area contributed by atoms with E-state index >= 15 is 0 Å². The first-order valence-corrected chi connectivity index (χ1v) is 15.2. The summed E-state index contributed by atoms with van der Waals surface area (Å²) in [7, 11) is 0. The molecule has 0 unspecified atom stereocenters. The van der Waals surface area contributed by atoms with Crippen molar-refractivity contribution in [2.24, 2.45) is 0 Å². The first-order valence-electron chi connectivity index (χ1n) is 15.2. The van der Waals surface area contributed by atoms with Crippen LogP contribution in [0.25, 0.3) is 17.1 Å². The van der Waals surface area contributed by atoms with E-state index < -0.39 is 58.4 Å². The molecule has 0 saturated carbocycles. The lowest BCUT2D eigenvalue weighted by Gasteiger charge is -2.40. The number of hydrogen-bond acceptors (Lipinski definition) is 7. The number of para-hydroxylation sites is 1. The predicted octanol–water partition coefficient (Wildman–Crippen LogP) is 8.06. The molecule has 3 heterocycles. The topological polar surface area (TPSA) is 95.8 Å². The van der Waals surface area contributed by atoms with Gasteiger partial charge in [0.25, 0.3) is 0 Å². The fourth-order valence-corrected chi connectivity index (χ4v) is 5.17. The number of esters is 1. The number of aromatic nitrogens is 3. The molecule has 2 aromatic carbocycles. The van der Waals surface area contributed by atoms with Gasteiger partial charge in [0, 0.05) is 24.6 Å². The average Bonchev–Trinajstić information content (AvgIpc) is 3.45. The predicted molar refractivity (Wildman–Crippen MR) is 164 cm³/mol. The van der Waals surface area contributed by atoms with Crippen LogP contribution in [0.15, 0.2) is 66.9 Å². The zero-order valence-corrected chi connectivity index (χ0v) is 26.9. The Hall–Kier alpha value is -5.08. The summed E-state index contributed by atoms with van der Waals surface area (Å²) in [6.07, 6.45) is -9.59. The number of halogens is 6. The molecule has 260 valence electrons. The number of carbonyl (C=O) groups is 2. The standard InChI is InChI=1S/C34H32F6N4O5/c1-5-47-30(45)24-16-41-44(29(24)34(38,39)40)27-11-7-10-26(42-27)23-8-6-9-25(33(35,36)37)28(23)48-19-20-12-14-21(15-13-20)22-17-43(18-22)31(46)49-32(2,3)4/h6-16,22H,5,17-19H2,1-4H3. The van der Waals surface area contributed by atoms with Crippen LogP contribution in [0.3, 0.4) is 0 Å². The summed E-state index contributed by atoms with van der Waals surface area (Å²) >= 11 is 0. The fraction of sp³-hybridized carbons (Fsp3) is 0.353. The van der Waals surface area contributed by atoms with Crippen molar-refractivity contribution >= 4 is 12.1 Å². The molecule has 2 aromatic heterocycles. The van der Waals surface area contributed by atoms with Crippen LogP contribution in [0.2, 0.25) is 0 Å². The quantitative estimate of drug-likeness (QED) is 0.136. The molecule has 9 nitrogen and oxygen atoms in total. The third kappa shape index (κ3) is 7.98. The maximum absolute atomic E-state index is 14.2. The second-order valence-corrected chi connectivity index (χ2v) is 12.2. The normalized spacial score (nSPS) is 14.0. The van der Waals surface area contributed by atoms with Gasteiger partial charge in [0.2, 0.25) is 0 Å². The van der Waals surface area contributed by atoms with Gasteiger partial charge in [-0.15, -0.1) is 0 Å². The van der Waals surface area contributed by atoms with Crippen LogP contribution in [0.4, 0.5) is 31.1 Å². The smallest absolute Gasteiger partial charge is 0.434 e. The highest BCUT2D eigenvalue weighted by atomic mass is 19.4. The lowest BCUT2D eigenvalue weighted by Crippen LogP contribution is -2.50. The average molecular weight is 691 g/mol. The molecule has 49 heavy (non-hydrogen) atoms. The zero-order chi connectivity index (χ0) is 35.7. The van der Waals surface area contributed by atoms with Crippen molar-refractivity contribution in [1.29, 1.82) is 0 Å². The highest BCUT2D eigenvalue weighted by molar-refractivity contribution is 5.90. The van der Waals surface area contributed by atoms with Crippen LogP contribution >= 0.6 is 0 Å². The molecule has 0 aliphatic carbocycles. The first kappa shape index (κ1) is 35.2. The molecule has 1 aliphatic rings. The molecule has 0 bridgehead atoms. The maximum Gasteiger partial charge on any atom is 0.434 e. The molecule has 1 saturated heterocycles. The van der Waals surface area contributed by atoms with Gasteiger partial charge in [-0.05, 0) is 63.1 Å². The minimum Gasteiger partial charge on any atom is -0.488 e. The monoisotopic (exact) mass is 690 g/mol. The van der Waals surface area contributed by atoms with Crippen LogP contribution in [0.5, 0.6) is 5.75 Å². The minimum atomic E-state index is -5.05. The van der Waals surface area contributed by atoms with E-state index in [0.29, 0.717) is 29.5 Å². The van der Waals surface area contributed by atoms with E-state index in [9.17, 15) is 35.9 Å². The molecule has 0 N–H and O–H groups in total. The number of carbonyl (C=O) groups excluding carboxylic acids is 2. The molecule has 1 fully saturated rings. The number of likely N-dealkylation sites (tertiary alicyclic amines) is 1. The van der Waals surface area contributed by atoms with Crippen molar-refractivity contribution in [2.45, 2.75) is 58.2 Å². The summed E-state index contributed by atoms with van der Waals surface area (Å²) in [5.74, 6) is -2.14. The summed E-state index contributed by atoms with van der Waals surface area (Å²) in [5, 5.41) is 3.70. The number of alkyl halides is 6. The Morgan fingerprint density at radius 3 is 2.18 bits per heavy atom. The van der Waals surface area contributed by atoms with Crippen molar-refractivity contribution in [3.05, 3.63) is 94.8 Å². The summed E-state index contributed by atoms with van der Waals surface area (Å²) in [6.45, 7) is 7.27. The first-order chi connectivity index (χ1) is 23.0. The molecule has 0 atom stereocenters. The van der Waals surface area contributed by atoms with E-state index in [1.54, 1.807) is 37.8 Å². The number of nitrogens with zero attached hydrogens (tertiary/aromatic N) is 4. The number of ether oxygens (including phenoxy) is 3. The molecular weight excluding hydrogens is 658 g/mol. The number of pyridine rings is 1. The minimum absolute atomic E-state index is 0.0689. The summed E-state index contributed by atoms with van der Waals surface area (Å²) in [6, 6.07) is 14.1. The molecule has 0 spiro atoms. The van der Waals surface area contributed by atoms with E-state index in [-0.39, 0.29) is 30.4 Å². The lowest BCUT2D eigenvalue weighted by molar-refractivity contribution is -0.143. The molecule has 15 heteroatoms. The number of hydrogen-bond donors (Lipinski definition) is 0. The van der Waals surface area contributed by atoms with E-state index in [4.69, 9.17) is 14.2 Å². The van der Waals surface area contributed by atoms with E-state index in [0.717, 1.165) is 17.7 Å². The van der Waals surface area contributed by atoms with Gasteiger partial charge >= 0.3 is 24.4 Å². The molecule has 5 rings (SSSR count). The Bertz CT molecular complexity index is 1820. The van der Waals surface area contributed by atoms with Gasteiger partial charge < -0.3 is 19.1 Å². The number of rotatable bonds is 8. The van der Waals surface area contributed by atoms with Crippen LogP contribution in [0.1, 0.15) is 66.4 Å². The van der Waals surface area contributed by atoms with Gasteiger partial charge in [0.15, 0.2) is 11.5 Å². The van der Waals surface area contributed by atoms with Gasteiger partial charge in [0.05, 0.1) is 24.1 Å². The molecule has 1 aliphatic heterocycles. The van der Waals surface area contributed by atoms with Crippen molar-refractivity contribution in [3.8, 4) is 22.8 Å². The van der Waals surface area contributed by atoms with Gasteiger partial charge in [-0.2, -0.15) is 31.4 Å². The Labute approximate surface area is 277 Å². The van der Waals surface area contributed by atoms with Crippen LogP contribution < -0.4 is 4.74 Å². The maximum atomic E-state index is 14.2. The highest BCUT2D eigenvalue weighted by Gasteiger charge is 2.42. The lowest BCUT2D eigenvalue weighted by atomic mass is 9.91. The Morgan fingerprint density at radius 1 is 0.898 bits per heavy atom. The Balaban J connectivity index is 1.40. The third-order valence-electron chi connectivity index (χ3n) is 7.45. The van der Waals surface area contributed by atoms with Crippen molar-refractivity contribution in [3.63, 3.8) is 0 Å². The SMILES string of the molecule is CCOC(=O)c1cnn(-c2cccc(-c3cccc(C(F)(F)F)c3OCc3ccc(C4CN(C(=O)OC(C)(C)C)C4)cc3)n2)c1C(F)(F)F. The Kier molecular flexibility index (Phi) is 9.66. The van der Waals surface area contributed by atoms with Gasteiger partial charge in [-0.25, -0.2) is 19.3 Å². The molecular formula is C34H32F6N4O5. The summed E-state index contributed by atoms with van der Waals surface area (Å²) in [4.78, 5) is 30.2. The third-order valence-corrected chi connectivity index (χ3v) is 7.45. The van der Waals surface area contributed by atoms with Gasteiger partial charge in [-0.1, -0.05) is 36.4 Å². The summed E-state index contributed by atoms with van der Waals surface area (Å²) < 4.78 is 101. The van der Waals surface area contributed by atoms with E-state index in [2.05, 4.69) is 10.1 Å². The molecule has 4 aromatic rings. The van der Waals surface area contributed by atoms with Crippen molar-refractivity contribution < 1.29 is 50.1 Å². The van der Waals surface area contributed by atoms with Crippen molar-refractivity contribution in [1.82, 2.24) is 19.7 Å². The molecule has 0 radical (unpaired) electrons. The number of amides is 1. The second kappa shape index (κ2) is 13.4. The highest BCUT2D eigenvalue weighted by Crippen LogP contribution is 2.42. The van der Waals surface area contributed by atoms with Gasteiger partial charge in [-0.3, -0.25) is 0 Å². The van der Waals surface area contributed by atoms with Crippen LogP contribution in [-0.4, -0.2) is 57.0 Å². The fourth-order valence-electron chi connectivity index (χ4n) is 5.17. The zero-order valence-electron chi connectivity index (χ0n) is 26.9. The Morgan fingerprint density at radius 2 is 1.57 bits per heavy atom. The van der Waals surface area contributed by atoms with E-state index in [1.165, 1.54) is 31.2 Å². The van der Waals surface area contributed by atoms with Crippen LogP contribution in [-0.2, 0) is 28.4 Å². The van der Waals surface area contributed by atoms with Crippen LogP contribution in [0, 0.1) is 0 Å². The summed E-state index contributed by atoms with van der Waals surface area (Å²) in [5.41, 5.74) is -2.78. The second-order valence-electron chi connectivity index (χ2n) is 12.2. The molecule has 1 amide bonds. The number of benzene rings is 2. The largest absolute Gasteiger partial charge is 0.488 e. The van der Waals surface area contributed by atoms with Gasteiger partial charge in [0.1, 0.15) is 23.5 Å². The van der Waals surface area contributed by atoms with E-state index in [1.807, 2.05) is 12.1 Å².